The van der Waals surface area contributed by atoms with Crippen LogP contribution in [-0.4, -0.2) is 36.0 Å². The number of likely N-dealkylation sites (tertiary alicyclic amines) is 1. The van der Waals surface area contributed by atoms with Crippen molar-refractivity contribution >= 4 is 5.91 Å². The van der Waals surface area contributed by atoms with Crippen LogP contribution in [0.25, 0.3) is 0 Å². The molecule has 31 heavy (non-hydrogen) atoms. The van der Waals surface area contributed by atoms with Gasteiger partial charge in [0.2, 0.25) is 0 Å². The van der Waals surface area contributed by atoms with E-state index in [9.17, 15) is 18.8 Å². The first-order valence-electron chi connectivity index (χ1n) is 11.0. The van der Waals surface area contributed by atoms with Crippen LogP contribution in [0.4, 0.5) is 8.78 Å². The predicted octanol–water partition coefficient (Wildman–Crippen LogP) is 4.56. The first kappa shape index (κ1) is 21.5. The molecule has 6 heteroatoms. The van der Waals surface area contributed by atoms with Gasteiger partial charge in [-0.25, -0.2) is 8.78 Å². The van der Waals surface area contributed by atoms with E-state index in [-0.39, 0.29) is 16.9 Å². The molecule has 0 spiro atoms. The summed E-state index contributed by atoms with van der Waals surface area (Å²) in [5, 5.41) is 13.6. The van der Waals surface area contributed by atoms with Crippen LogP contribution in [0.3, 0.4) is 0 Å². The molecule has 4 nitrogen and oxygen atoms in total. The monoisotopic (exact) mass is 423 g/mol. The largest absolute Gasteiger partial charge is 0.339 e. The zero-order valence-electron chi connectivity index (χ0n) is 17.5. The average molecular weight is 424 g/mol. The van der Waals surface area contributed by atoms with Crippen LogP contribution in [0, 0.1) is 23.0 Å². The molecule has 2 aromatic carbocycles. The van der Waals surface area contributed by atoms with Gasteiger partial charge in [-0.2, -0.15) is 5.26 Å². The summed E-state index contributed by atoms with van der Waals surface area (Å²) in [6.45, 7) is 1.18. The van der Waals surface area contributed by atoms with Gasteiger partial charge >= 0.3 is 0 Å². The van der Waals surface area contributed by atoms with Gasteiger partial charge in [0.05, 0.1) is 11.5 Å². The van der Waals surface area contributed by atoms with E-state index in [4.69, 9.17) is 0 Å². The molecule has 0 radical (unpaired) electrons. The second-order valence-corrected chi connectivity index (χ2v) is 8.70. The lowest BCUT2D eigenvalue weighted by atomic mass is 9.69. The quantitative estimate of drug-likeness (QED) is 0.784. The van der Waals surface area contributed by atoms with Crippen molar-refractivity contribution in [2.75, 3.05) is 13.1 Å². The second-order valence-electron chi connectivity index (χ2n) is 8.70. The Kier molecular flexibility index (Phi) is 6.33. The number of amides is 1. The fourth-order valence-corrected chi connectivity index (χ4v) is 4.89. The van der Waals surface area contributed by atoms with Gasteiger partial charge in [-0.3, -0.25) is 4.79 Å². The van der Waals surface area contributed by atoms with Crippen LogP contribution in [0.2, 0.25) is 0 Å². The number of benzene rings is 2. The third kappa shape index (κ3) is 4.62. The fourth-order valence-electron chi connectivity index (χ4n) is 4.89. The topological polar surface area (TPSA) is 56.1 Å². The smallest absolute Gasteiger partial charge is 0.253 e. The van der Waals surface area contributed by atoms with Gasteiger partial charge < -0.3 is 10.2 Å². The number of carbonyl (C=O) groups excluding carboxylic acids is 1. The third-order valence-corrected chi connectivity index (χ3v) is 6.80. The molecule has 0 aromatic heterocycles. The summed E-state index contributed by atoms with van der Waals surface area (Å²) in [7, 11) is 0. The van der Waals surface area contributed by atoms with E-state index in [0.29, 0.717) is 25.2 Å². The van der Waals surface area contributed by atoms with Gasteiger partial charge in [-0.1, -0.05) is 30.3 Å². The summed E-state index contributed by atoms with van der Waals surface area (Å²) in [6.07, 6.45) is 5.26. The van der Waals surface area contributed by atoms with Crippen molar-refractivity contribution in [3.05, 3.63) is 71.3 Å². The van der Waals surface area contributed by atoms with Crippen LogP contribution in [0.15, 0.2) is 48.5 Å². The molecule has 1 N–H and O–H groups in total. The molecule has 0 bridgehead atoms. The molecule has 1 amide bonds. The molecule has 1 saturated carbocycles. The molecule has 2 fully saturated rings. The highest BCUT2D eigenvalue weighted by atomic mass is 19.2. The Morgan fingerprint density at radius 3 is 2.23 bits per heavy atom. The molecule has 0 atom stereocenters. The van der Waals surface area contributed by atoms with Crippen molar-refractivity contribution in [2.45, 2.75) is 56.0 Å². The van der Waals surface area contributed by atoms with Crippen LogP contribution in [0.1, 0.15) is 54.4 Å². The molecular formula is C25H27F2N3O. The third-order valence-electron chi connectivity index (χ3n) is 6.80. The van der Waals surface area contributed by atoms with E-state index in [2.05, 4.69) is 23.5 Å². The number of nitrogens with zero attached hydrogens (tertiary/aromatic N) is 2. The normalized spacial score (nSPS) is 24.5. The Labute approximate surface area is 181 Å². The van der Waals surface area contributed by atoms with Gasteiger partial charge in [-0.15, -0.1) is 0 Å². The molecule has 0 unspecified atom stereocenters. The standard InChI is InChI=1S/C25H27F2N3O/c26-22-7-6-18(16-23(22)27)24(31)30-14-10-21(11-15-30)29-20-8-12-25(17-28,13-9-20)19-4-2-1-3-5-19/h1-7,16,20-21,29H,8-15H2. The summed E-state index contributed by atoms with van der Waals surface area (Å²) in [4.78, 5) is 14.3. The zero-order chi connectivity index (χ0) is 21.8. The Balaban J connectivity index is 1.28. The van der Waals surface area contributed by atoms with Gasteiger partial charge in [-0.05, 0) is 62.3 Å². The Morgan fingerprint density at radius 2 is 1.61 bits per heavy atom. The van der Waals surface area contributed by atoms with Crippen molar-refractivity contribution < 1.29 is 13.6 Å². The second kappa shape index (κ2) is 9.15. The molecule has 1 aliphatic carbocycles. The Bertz CT molecular complexity index is 956. The lowest BCUT2D eigenvalue weighted by Gasteiger charge is -2.39. The molecule has 1 heterocycles. The molecule has 1 saturated heterocycles. The van der Waals surface area contributed by atoms with E-state index in [1.54, 1.807) is 4.90 Å². The number of piperidine rings is 1. The highest BCUT2D eigenvalue weighted by Crippen LogP contribution is 2.39. The van der Waals surface area contributed by atoms with E-state index in [1.807, 2.05) is 18.2 Å². The fraction of sp³-hybridized carbons (Fsp3) is 0.440. The van der Waals surface area contributed by atoms with Gasteiger partial charge in [0.15, 0.2) is 11.6 Å². The number of hydrogen-bond donors (Lipinski definition) is 1. The van der Waals surface area contributed by atoms with Gasteiger partial charge in [0.1, 0.15) is 0 Å². The Hall–Kier alpha value is -2.78. The minimum atomic E-state index is -0.997. The van der Waals surface area contributed by atoms with Crippen molar-refractivity contribution in [2.24, 2.45) is 0 Å². The van der Waals surface area contributed by atoms with Crippen LogP contribution < -0.4 is 5.32 Å². The van der Waals surface area contributed by atoms with Crippen molar-refractivity contribution in [1.29, 1.82) is 5.26 Å². The van der Waals surface area contributed by atoms with Crippen molar-refractivity contribution in [3.63, 3.8) is 0 Å². The summed E-state index contributed by atoms with van der Waals surface area (Å²) in [5.41, 5.74) is 0.908. The van der Waals surface area contributed by atoms with E-state index in [0.717, 1.165) is 56.2 Å². The maximum Gasteiger partial charge on any atom is 0.253 e. The molecule has 162 valence electrons. The molecule has 4 rings (SSSR count). The van der Waals surface area contributed by atoms with E-state index >= 15 is 0 Å². The summed E-state index contributed by atoms with van der Waals surface area (Å²) in [6, 6.07) is 16.7. The van der Waals surface area contributed by atoms with Crippen LogP contribution in [-0.2, 0) is 5.41 Å². The van der Waals surface area contributed by atoms with Crippen LogP contribution >= 0.6 is 0 Å². The first-order valence-corrected chi connectivity index (χ1v) is 11.0. The van der Waals surface area contributed by atoms with Gasteiger partial charge in [0.25, 0.3) is 5.91 Å². The lowest BCUT2D eigenvalue weighted by Crippen LogP contribution is -2.49. The van der Waals surface area contributed by atoms with Crippen molar-refractivity contribution in [1.82, 2.24) is 10.2 Å². The summed E-state index contributed by atoms with van der Waals surface area (Å²) in [5.74, 6) is -2.19. The molecular weight excluding hydrogens is 396 g/mol. The van der Waals surface area contributed by atoms with Gasteiger partial charge in [0, 0.05) is 30.7 Å². The zero-order valence-corrected chi connectivity index (χ0v) is 17.5. The molecule has 2 aliphatic rings. The number of halogens is 2. The highest BCUT2D eigenvalue weighted by molar-refractivity contribution is 5.94. The lowest BCUT2D eigenvalue weighted by molar-refractivity contribution is 0.0698. The van der Waals surface area contributed by atoms with Crippen LogP contribution in [0.5, 0.6) is 0 Å². The van der Waals surface area contributed by atoms with E-state index < -0.39 is 11.6 Å². The molecule has 2 aromatic rings. The minimum Gasteiger partial charge on any atom is -0.339 e. The number of nitriles is 1. The maximum absolute atomic E-state index is 13.4. The highest BCUT2D eigenvalue weighted by Gasteiger charge is 2.37. The van der Waals surface area contributed by atoms with Crippen molar-refractivity contribution in [3.8, 4) is 6.07 Å². The predicted molar refractivity (Wildman–Crippen MR) is 114 cm³/mol. The number of nitrogens with one attached hydrogen (secondary N) is 1. The first-order chi connectivity index (χ1) is 15.0. The SMILES string of the molecule is N#CC1(c2ccccc2)CCC(NC2CCN(C(=O)c3ccc(F)c(F)c3)CC2)CC1. The Morgan fingerprint density at radius 1 is 0.968 bits per heavy atom. The van der Waals surface area contributed by atoms with E-state index in [1.165, 1.54) is 6.07 Å². The average Bonchev–Trinajstić information content (AvgIpc) is 2.82. The minimum absolute atomic E-state index is 0.186. The number of hydrogen-bond acceptors (Lipinski definition) is 3. The summed E-state index contributed by atoms with van der Waals surface area (Å²) >= 11 is 0. The maximum atomic E-state index is 13.4. The number of rotatable bonds is 4. The molecule has 1 aliphatic heterocycles. The summed E-state index contributed by atoms with van der Waals surface area (Å²) < 4.78 is 26.6. The number of carbonyl (C=O) groups is 1.